The summed E-state index contributed by atoms with van der Waals surface area (Å²) in [5, 5.41) is 7.11. The molecular weight excluding hydrogens is 306 g/mol. The first-order chi connectivity index (χ1) is 11.6. The molecule has 24 heavy (non-hydrogen) atoms. The summed E-state index contributed by atoms with van der Waals surface area (Å²) in [6.07, 6.45) is 0.869. The molecule has 0 atom stereocenters. The van der Waals surface area contributed by atoms with Crippen LogP contribution in [0.4, 0.5) is 4.79 Å². The number of nitrogens with zero attached hydrogens (tertiary/aromatic N) is 1. The standard InChI is InChI=1S/C18H17N3O3/c22-15(14-6-5-12-3-1-2-4-13(12)11-14)21-9-7-18(8-10-21)16(23)19-17(24)20-18/h1-6,11H,7-10H2,(H2,19,20,23,24). The molecule has 2 saturated heterocycles. The van der Waals surface area contributed by atoms with Gasteiger partial charge in [0.05, 0.1) is 0 Å². The SMILES string of the molecule is O=C1NC(=O)C2(CCN(C(=O)c3ccc4ccccc4c3)CC2)N1. The number of urea groups is 1. The van der Waals surface area contributed by atoms with Gasteiger partial charge in [-0.05, 0) is 35.7 Å². The van der Waals surface area contributed by atoms with Gasteiger partial charge in [0, 0.05) is 18.7 Å². The Bertz CT molecular complexity index is 853. The number of rotatable bonds is 1. The molecule has 2 aliphatic heterocycles. The van der Waals surface area contributed by atoms with Crippen LogP contribution in [0.3, 0.4) is 0 Å². The van der Waals surface area contributed by atoms with Crippen LogP contribution in [-0.4, -0.2) is 41.4 Å². The van der Waals surface area contributed by atoms with Gasteiger partial charge in [0.1, 0.15) is 5.54 Å². The lowest BCUT2D eigenvalue weighted by Crippen LogP contribution is -2.55. The van der Waals surface area contributed by atoms with Gasteiger partial charge in [-0.1, -0.05) is 30.3 Å². The molecule has 0 bridgehead atoms. The van der Waals surface area contributed by atoms with Gasteiger partial charge in [-0.25, -0.2) is 4.79 Å². The molecule has 6 heteroatoms. The Morgan fingerprint density at radius 3 is 2.38 bits per heavy atom. The van der Waals surface area contributed by atoms with E-state index < -0.39 is 11.6 Å². The van der Waals surface area contributed by atoms with E-state index >= 15 is 0 Å². The Labute approximate surface area is 138 Å². The van der Waals surface area contributed by atoms with E-state index in [0.29, 0.717) is 31.5 Å². The molecule has 2 aromatic rings. The fourth-order valence-corrected chi connectivity index (χ4v) is 3.48. The molecule has 0 unspecified atom stereocenters. The van der Waals surface area contributed by atoms with Crippen LogP contribution < -0.4 is 10.6 Å². The van der Waals surface area contributed by atoms with Crippen LogP contribution >= 0.6 is 0 Å². The molecule has 122 valence electrons. The molecule has 1 spiro atoms. The third-order valence-corrected chi connectivity index (χ3v) is 4.92. The zero-order valence-electron chi connectivity index (χ0n) is 13.0. The highest BCUT2D eigenvalue weighted by molar-refractivity contribution is 6.07. The monoisotopic (exact) mass is 323 g/mol. The van der Waals surface area contributed by atoms with E-state index in [2.05, 4.69) is 10.6 Å². The van der Waals surface area contributed by atoms with Crippen LogP contribution in [0.2, 0.25) is 0 Å². The van der Waals surface area contributed by atoms with Crippen molar-refractivity contribution >= 4 is 28.6 Å². The third kappa shape index (κ3) is 2.31. The molecule has 0 radical (unpaired) electrons. The van der Waals surface area contributed by atoms with Gasteiger partial charge < -0.3 is 10.2 Å². The van der Waals surface area contributed by atoms with Crippen molar-refractivity contribution in [3.63, 3.8) is 0 Å². The number of amides is 4. The van der Waals surface area contributed by atoms with Gasteiger partial charge in [-0.3, -0.25) is 14.9 Å². The fraction of sp³-hybridized carbons (Fsp3) is 0.278. The van der Waals surface area contributed by atoms with Crippen molar-refractivity contribution in [1.82, 2.24) is 15.5 Å². The highest BCUT2D eigenvalue weighted by Crippen LogP contribution is 2.27. The number of hydrogen-bond donors (Lipinski definition) is 2. The van der Waals surface area contributed by atoms with E-state index in [0.717, 1.165) is 10.8 Å². The summed E-state index contributed by atoms with van der Waals surface area (Å²) in [6.45, 7) is 0.888. The average Bonchev–Trinajstić information content (AvgIpc) is 2.87. The minimum atomic E-state index is -0.850. The van der Waals surface area contributed by atoms with Crippen molar-refractivity contribution in [2.75, 3.05) is 13.1 Å². The van der Waals surface area contributed by atoms with Crippen LogP contribution in [0.25, 0.3) is 10.8 Å². The first-order valence-electron chi connectivity index (χ1n) is 7.99. The summed E-state index contributed by atoms with van der Waals surface area (Å²) in [7, 11) is 0. The maximum Gasteiger partial charge on any atom is 0.322 e. The highest BCUT2D eigenvalue weighted by atomic mass is 16.2. The molecule has 4 rings (SSSR count). The van der Waals surface area contributed by atoms with Crippen LogP contribution in [-0.2, 0) is 4.79 Å². The van der Waals surface area contributed by atoms with Crippen molar-refractivity contribution in [2.45, 2.75) is 18.4 Å². The maximum absolute atomic E-state index is 12.7. The Balaban J connectivity index is 1.51. The number of hydrogen-bond acceptors (Lipinski definition) is 3. The van der Waals surface area contributed by atoms with E-state index in [-0.39, 0.29) is 11.8 Å². The first kappa shape index (κ1) is 14.7. The molecule has 2 fully saturated rings. The Kier molecular flexibility index (Phi) is 3.26. The van der Waals surface area contributed by atoms with E-state index in [1.165, 1.54) is 0 Å². The highest BCUT2D eigenvalue weighted by Gasteiger charge is 2.48. The molecule has 0 saturated carbocycles. The van der Waals surface area contributed by atoms with Crippen LogP contribution in [0.5, 0.6) is 0 Å². The van der Waals surface area contributed by atoms with E-state index in [1.807, 2.05) is 42.5 Å². The van der Waals surface area contributed by atoms with E-state index in [1.54, 1.807) is 4.90 Å². The second-order valence-corrected chi connectivity index (χ2v) is 6.34. The summed E-state index contributed by atoms with van der Waals surface area (Å²) >= 11 is 0. The second kappa shape index (κ2) is 5.33. The number of benzene rings is 2. The number of carbonyl (C=O) groups is 3. The summed E-state index contributed by atoms with van der Waals surface area (Å²) in [6, 6.07) is 13.1. The first-order valence-corrected chi connectivity index (χ1v) is 7.99. The second-order valence-electron chi connectivity index (χ2n) is 6.34. The molecule has 0 aromatic heterocycles. The Morgan fingerprint density at radius 1 is 1.00 bits per heavy atom. The quantitative estimate of drug-likeness (QED) is 0.783. The van der Waals surface area contributed by atoms with Crippen LogP contribution in [0, 0.1) is 0 Å². The third-order valence-electron chi connectivity index (χ3n) is 4.92. The van der Waals surface area contributed by atoms with E-state index in [9.17, 15) is 14.4 Å². The lowest BCUT2D eigenvalue weighted by molar-refractivity contribution is -0.125. The van der Waals surface area contributed by atoms with Gasteiger partial charge in [-0.2, -0.15) is 0 Å². The van der Waals surface area contributed by atoms with E-state index in [4.69, 9.17) is 0 Å². The van der Waals surface area contributed by atoms with Gasteiger partial charge in [0.25, 0.3) is 11.8 Å². The molecular formula is C18H17N3O3. The predicted octanol–water partition coefficient (Wildman–Crippen LogP) is 1.65. The predicted molar refractivity (Wildman–Crippen MR) is 88.5 cm³/mol. The summed E-state index contributed by atoms with van der Waals surface area (Å²) < 4.78 is 0. The van der Waals surface area contributed by atoms with Gasteiger partial charge in [-0.15, -0.1) is 0 Å². The Hall–Kier alpha value is -2.89. The maximum atomic E-state index is 12.7. The van der Waals surface area contributed by atoms with Crippen LogP contribution in [0.15, 0.2) is 42.5 Å². The molecule has 0 aliphatic carbocycles. The zero-order chi connectivity index (χ0) is 16.7. The zero-order valence-corrected chi connectivity index (χ0v) is 13.0. The molecule has 2 aliphatic rings. The lowest BCUT2D eigenvalue weighted by Gasteiger charge is -2.37. The molecule has 2 N–H and O–H groups in total. The molecule has 2 aromatic carbocycles. The van der Waals surface area contributed by atoms with Crippen molar-refractivity contribution in [3.8, 4) is 0 Å². The van der Waals surface area contributed by atoms with Gasteiger partial charge >= 0.3 is 6.03 Å². The van der Waals surface area contributed by atoms with Gasteiger partial charge in [0.2, 0.25) is 0 Å². The summed E-state index contributed by atoms with van der Waals surface area (Å²) in [5.41, 5.74) is -0.207. The van der Waals surface area contributed by atoms with Crippen molar-refractivity contribution in [3.05, 3.63) is 48.0 Å². The van der Waals surface area contributed by atoms with Crippen molar-refractivity contribution < 1.29 is 14.4 Å². The number of carbonyl (C=O) groups excluding carboxylic acids is 3. The smallest absolute Gasteiger partial charge is 0.322 e. The van der Waals surface area contributed by atoms with Gasteiger partial charge in [0.15, 0.2) is 0 Å². The molecule has 4 amide bonds. The topological polar surface area (TPSA) is 78.5 Å². The summed E-state index contributed by atoms with van der Waals surface area (Å²) in [5.74, 6) is -0.328. The largest absolute Gasteiger partial charge is 0.338 e. The van der Waals surface area contributed by atoms with Crippen molar-refractivity contribution in [2.24, 2.45) is 0 Å². The molecule has 2 heterocycles. The number of likely N-dealkylation sites (tertiary alicyclic amines) is 1. The lowest BCUT2D eigenvalue weighted by atomic mass is 9.87. The Morgan fingerprint density at radius 2 is 1.71 bits per heavy atom. The number of nitrogens with one attached hydrogen (secondary N) is 2. The number of piperidine rings is 1. The van der Waals surface area contributed by atoms with Crippen LogP contribution in [0.1, 0.15) is 23.2 Å². The fourth-order valence-electron chi connectivity index (χ4n) is 3.48. The minimum absolute atomic E-state index is 0.0414. The minimum Gasteiger partial charge on any atom is -0.338 e. The van der Waals surface area contributed by atoms with Crippen molar-refractivity contribution in [1.29, 1.82) is 0 Å². The number of imide groups is 1. The number of fused-ring (bicyclic) bond motifs is 1. The normalized spacial score (nSPS) is 19.4. The summed E-state index contributed by atoms with van der Waals surface area (Å²) in [4.78, 5) is 37.8. The molecule has 6 nitrogen and oxygen atoms in total. The average molecular weight is 323 g/mol.